The lowest BCUT2D eigenvalue weighted by Gasteiger charge is -2.09. The normalized spacial score (nSPS) is 10.5. The number of benzene rings is 2. The second-order valence-corrected chi connectivity index (χ2v) is 6.79. The van der Waals surface area contributed by atoms with Gasteiger partial charge in [0, 0.05) is 11.4 Å². The Hall–Kier alpha value is -3.55. The maximum atomic E-state index is 12.6. The van der Waals surface area contributed by atoms with Gasteiger partial charge in [-0.2, -0.15) is 0 Å². The van der Waals surface area contributed by atoms with Gasteiger partial charge in [-0.25, -0.2) is 4.98 Å². The Balaban J connectivity index is 1.70. The fourth-order valence-electron chi connectivity index (χ4n) is 3.02. The Morgan fingerprint density at radius 2 is 1.13 bits per heavy atom. The second-order valence-electron chi connectivity index (χ2n) is 6.79. The molecule has 0 saturated carbocycles. The van der Waals surface area contributed by atoms with Gasteiger partial charge in [0.05, 0.1) is 0 Å². The average molecular weight is 403 g/mol. The van der Waals surface area contributed by atoms with Crippen molar-refractivity contribution in [2.24, 2.45) is 11.5 Å². The molecule has 7 nitrogen and oxygen atoms in total. The van der Waals surface area contributed by atoms with Crippen LogP contribution in [-0.4, -0.2) is 29.9 Å². The number of nitrogens with zero attached hydrogens (tertiary/aromatic N) is 1. The molecule has 0 atom stereocenters. The summed E-state index contributed by atoms with van der Waals surface area (Å²) in [5.41, 5.74) is 14.9. The van der Waals surface area contributed by atoms with Crippen LogP contribution in [0.2, 0.25) is 0 Å². The quantitative estimate of drug-likeness (QED) is 0.460. The van der Waals surface area contributed by atoms with E-state index in [0.717, 1.165) is 24.0 Å². The van der Waals surface area contributed by atoms with Crippen LogP contribution >= 0.6 is 0 Å². The first-order valence-electron chi connectivity index (χ1n) is 9.77. The van der Waals surface area contributed by atoms with Crippen molar-refractivity contribution in [3.8, 4) is 0 Å². The van der Waals surface area contributed by atoms with Crippen molar-refractivity contribution in [1.82, 2.24) is 4.98 Å². The molecule has 1 heterocycles. The van der Waals surface area contributed by atoms with E-state index in [1.165, 1.54) is 0 Å². The molecular formula is C23H25N5O2. The van der Waals surface area contributed by atoms with E-state index in [0.29, 0.717) is 24.5 Å². The highest BCUT2D eigenvalue weighted by Crippen LogP contribution is 2.14. The third-order valence-corrected chi connectivity index (χ3v) is 4.45. The number of aromatic nitrogens is 1. The molecule has 7 heteroatoms. The van der Waals surface area contributed by atoms with Gasteiger partial charge < -0.3 is 22.1 Å². The lowest BCUT2D eigenvalue weighted by atomic mass is 10.1. The van der Waals surface area contributed by atoms with Crippen LogP contribution in [0.15, 0.2) is 66.7 Å². The van der Waals surface area contributed by atoms with Gasteiger partial charge in [0.25, 0.3) is 11.8 Å². The Bertz CT molecular complexity index is 957. The maximum Gasteiger partial charge on any atom is 0.274 e. The number of nitrogens with two attached hydrogens (primary N) is 2. The fourth-order valence-corrected chi connectivity index (χ4v) is 3.02. The number of carbonyl (C=O) groups is 2. The van der Waals surface area contributed by atoms with E-state index in [1.807, 2.05) is 36.4 Å². The van der Waals surface area contributed by atoms with E-state index < -0.39 is 0 Å². The largest absolute Gasteiger partial charge is 0.330 e. The fraction of sp³-hybridized carbons (Fsp3) is 0.174. The van der Waals surface area contributed by atoms with E-state index in [1.54, 1.807) is 30.3 Å². The van der Waals surface area contributed by atoms with Crippen LogP contribution in [0, 0.1) is 0 Å². The second kappa shape index (κ2) is 10.3. The van der Waals surface area contributed by atoms with E-state index in [2.05, 4.69) is 15.6 Å². The van der Waals surface area contributed by atoms with Gasteiger partial charge in [0.1, 0.15) is 11.4 Å². The minimum absolute atomic E-state index is 0.156. The summed E-state index contributed by atoms with van der Waals surface area (Å²) in [5.74, 6) is -0.779. The summed E-state index contributed by atoms with van der Waals surface area (Å²) < 4.78 is 0. The molecule has 0 bridgehead atoms. The average Bonchev–Trinajstić information content (AvgIpc) is 2.75. The maximum absolute atomic E-state index is 12.6. The van der Waals surface area contributed by atoms with Crippen molar-refractivity contribution in [1.29, 1.82) is 0 Å². The molecule has 0 fully saturated rings. The van der Waals surface area contributed by atoms with Crippen molar-refractivity contribution in [3.05, 3.63) is 89.2 Å². The minimum atomic E-state index is -0.389. The van der Waals surface area contributed by atoms with Gasteiger partial charge in [-0.1, -0.05) is 30.3 Å². The molecule has 0 saturated heterocycles. The van der Waals surface area contributed by atoms with Crippen LogP contribution in [0.1, 0.15) is 32.1 Å². The zero-order valence-electron chi connectivity index (χ0n) is 16.6. The third-order valence-electron chi connectivity index (χ3n) is 4.45. The number of nitrogens with one attached hydrogen (secondary N) is 2. The first-order chi connectivity index (χ1) is 14.6. The van der Waals surface area contributed by atoms with Gasteiger partial charge in [0.2, 0.25) is 0 Å². The van der Waals surface area contributed by atoms with Crippen LogP contribution in [0.4, 0.5) is 11.4 Å². The predicted octanol–water partition coefficient (Wildman–Crippen LogP) is 2.59. The first kappa shape index (κ1) is 21.2. The molecule has 6 N–H and O–H groups in total. The van der Waals surface area contributed by atoms with Crippen molar-refractivity contribution >= 4 is 23.2 Å². The number of hydrogen-bond acceptors (Lipinski definition) is 5. The number of pyridine rings is 1. The molecule has 2 amide bonds. The molecule has 154 valence electrons. The summed E-state index contributed by atoms with van der Waals surface area (Å²) in [6.45, 7) is 1.07. The standard InChI is InChI=1S/C23H25N5O2/c24-12-10-16-4-1-6-18(14-16)26-22(29)20-8-3-9-21(28-20)23(30)27-19-7-2-5-17(15-19)11-13-25/h1-9,14-15H,10-13,24-25H2,(H,26,29)(H,27,30). The summed E-state index contributed by atoms with van der Waals surface area (Å²) in [4.78, 5) is 29.4. The monoisotopic (exact) mass is 403 g/mol. The van der Waals surface area contributed by atoms with Gasteiger partial charge in [-0.05, 0) is 73.5 Å². The zero-order valence-corrected chi connectivity index (χ0v) is 16.6. The van der Waals surface area contributed by atoms with E-state index >= 15 is 0 Å². The number of amides is 2. The van der Waals surface area contributed by atoms with E-state index in [9.17, 15) is 9.59 Å². The molecule has 0 spiro atoms. The SMILES string of the molecule is NCCc1cccc(NC(=O)c2cccc(C(=O)Nc3cccc(CCN)c3)n2)c1. The first-order valence-corrected chi connectivity index (χ1v) is 9.77. The molecule has 1 aromatic heterocycles. The van der Waals surface area contributed by atoms with Crippen molar-refractivity contribution < 1.29 is 9.59 Å². The third kappa shape index (κ3) is 5.73. The van der Waals surface area contributed by atoms with Crippen LogP contribution < -0.4 is 22.1 Å². The molecule has 0 unspecified atom stereocenters. The van der Waals surface area contributed by atoms with Gasteiger partial charge in [0.15, 0.2) is 0 Å². The van der Waals surface area contributed by atoms with Gasteiger partial charge in [-0.15, -0.1) is 0 Å². The lowest BCUT2D eigenvalue weighted by Crippen LogP contribution is -2.18. The highest BCUT2D eigenvalue weighted by molar-refractivity contribution is 6.06. The smallest absolute Gasteiger partial charge is 0.274 e. The number of hydrogen-bond donors (Lipinski definition) is 4. The molecular weight excluding hydrogens is 378 g/mol. The molecule has 3 rings (SSSR count). The van der Waals surface area contributed by atoms with Gasteiger partial charge in [-0.3, -0.25) is 9.59 Å². The zero-order chi connectivity index (χ0) is 21.3. The Morgan fingerprint density at radius 1 is 0.700 bits per heavy atom. The van der Waals surface area contributed by atoms with E-state index in [4.69, 9.17) is 11.5 Å². The highest BCUT2D eigenvalue weighted by atomic mass is 16.2. The van der Waals surface area contributed by atoms with Crippen LogP contribution in [0.5, 0.6) is 0 Å². The Kier molecular flexibility index (Phi) is 7.26. The summed E-state index contributed by atoms with van der Waals surface area (Å²) in [7, 11) is 0. The molecule has 0 aliphatic heterocycles. The predicted molar refractivity (Wildman–Crippen MR) is 119 cm³/mol. The summed E-state index contributed by atoms with van der Waals surface area (Å²) in [6.07, 6.45) is 1.45. The van der Waals surface area contributed by atoms with Crippen LogP contribution in [0.3, 0.4) is 0 Å². The number of anilines is 2. The molecule has 0 aliphatic carbocycles. The minimum Gasteiger partial charge on any atom is -0.330 e. The number of rotatable bonds is 8. The topological polar surface area (TPSA) is 123 Å². The Labute approximate surface area is 175 Å². The van der Waals surface area contributed by atoms with Crippen molar-refractivity contribution in [2.45, 2.75) is 12.8 Å². The van der Waals surface area contributed by atoms with Crippen molar-refractivity contribution in [3.63, 3.8) is 0 Å². The molecule has 0 aliphatic rings. The van der Waals surface area contributed by atoms with Crippen molar-refractivity contribution in [2.75, 3.05) is 23.7 Å². The number of carbonyl (C=O) groups excluding carboxylic acids is 2. The molecule has 30 heavy (non-hydrogen) atoms. The van der Waals surface area contributed by atoms with Gasteiger partial charge >= 0.3 is 0 Å². The molecule has 0 radical (unpaired) electrons. The summed E-state index contributed by atoms with van der Waals surface area (Å²) >= 11 is 0. The highest BCUT2D eigenvalue weighted by Gasteiger charge is 2.13. The molecule has 2 aromatic carbocycles. The van der Waals surface area contributed by atoms with Crippen LogP contribution in [0.25, 0.3) is 0 Å². The van der Waals surface area contributed by atoms with Crippen LogP contribution in [-0.2, 0) is 12.8 Å². The summed E-state index contributed by atoms with van der Waals surface area (Å²) in [6, 6.07) is 19.7. The van der Waals surface area contributed by atoms with E-state index in [-0.39, 0.29) is 23.2 Å². The molecule has 3 aromatic rings. The summed E-state index contributed by atoms with van der Waals surface area (Å²) in [5, 5.41) is 5.62. The lowest BCUT2D eigenvalue weighted by molar-refractivity contribution is 0.101. The Morgan fingerprint density at radius 3 is 1.57 bits per heavy atom.